The van der Waals surface area contributed by atoms with E-state index in [0.717, 1.165) is 38.2 Å². The van der Waals surface area contributed by atoms with E-state index in [2.05, 4.69) is 4.90 Å². The smallest absolute Gasteiger partial charge is 0.253 e. The van der Waals surface area contributed by atoms with Crippen molar-refractivity contribution in [2.24, 2.45) is 0 Å². The van der Waals surface area contributed by atoms with Crippen molar-refractivity contribution in [2.45, 2.75) is 19.4 Å². The van der Waals surface area contributed by atoms with Crippen LogP contribution in [0.15, 0.2) is 30.3 Å². The van der Waals surface area contributed by atoms with Gasteiger partial charge < -0.3 is 9.80 Å². The van der Waals surface area contributed by atoms with Crippen molar-refractivity contribution in [3.63, 3.8) is 0 Å². The molecule has 2 heterocycles. The Morgan fingerprint density at radius 2 is 1.82 bits per heavy atom. The van der Waals surface area contributed by atoms with E-state index in [1.54, 1.807) is 0 Å². The van der Waals surface area contributed by atoms with Crippen LogP contribution in [0.2, 0.25) is 0 Å². The highest BCUT2D eigenvalue weighted by molar-refractivity contribution is 5.94. The molecule has 1 aromatic carbocycles. The van der Waals surface area contributed by atoms with E-state index in [1.807, 2.05) is 47.1 Å². The number of amides is 2. The summed E-state index contributed by atoms with van der Waals surface area (Å²) in [6.45, 7) is 6.65. The molecule has 0 N–H and O–H groups in total. The Labute approximate surface area is 131 Å². The highest BCUT2D eigenvalue weighted by Crippen LogP contribution is 2.19. The van der Waals surface area contributed by atoms with Gasteiger partial charge in [-0.25, -0.2) is 0 Å². The van der Waals surface area contributed by atoms with Gasteiger partial charge in [0.1, 0.15) is 0 Å². The number of hydrogen-bond donors (Lipinski definition) is 0. The van der Waals surface area contributed by atoms with E-state index in [1.165, 1.54) is 0 Å². The third-order valence-electron chi connectivity index (χ3n) is 4.71. The van der Waals surface area contributed by atoms with Crippen molar-refractivity contribution in [3.8, 4) is 0 Å². The number of piperazine rings is 1. The highest BCUT2D eigenvalue weighted by atomic mass is 16.2. The van der Waals surface area contributed by atoms with Gasteiger partial charge in [0.2, 0.25) is 5.91 Å². The predicted molar refractivity (Wildman–Crippen MR) is 84.6 cm³/mol. The lowest BCUT2D eigenvalue weighted by Gasteiger charge is -2.39. The zero-order chi connectivity index (χ0) is 15.5. The van der Waals surface area contributed by atoms with Gasteiger partial charge in [-0.1, -0.05) is 18.2 Å². The molecule has 2 aliphatic heterocycles. The second-order valence-corrected chi connectivity index (χ2v) is 5.92. The number of rotatable bonds is 2. The third kappa shape index (κ3) is 2.86. The van der Waals surface area contributed by atoms with Crippen LogP contribution in [0.3, 0.4) is 0 Å². The number of carbonyl (C=O) groups is 2. The Hall–Kier alpha value is -1.88. The van der Waals surface area contributed by atoms with Crippen LogP contribution in [-0.4, -0.2) is 71.8 Å². The zero-order valence-electron chi connectivity index (χ0n) is 13.1. The molecule has 2 saturated heterocycles. The monoisotopic (exact) mass is 301 g/mol. The van der Waals surface area contributed by atoms with Crippen LogP contribution in [0.5, 0.6) is 0 Å². The van der Waals surface area contributed by atoms with E-state index in [4.69, 9.17) is 0 Å². The van der Waals surface area contributed by atoms with Gasteiger partial charge in [0.15, 0.2) is 0 Å². The molecule has 0 spiro atoms. The molecule has 2 amide bonds. The highest BCUT2D eigenvalue weighted by Gasteiger charge is 2.36. The molecule has 22 heavy (non-hydrogen) atoms. The van der Waals surface area contributed by atoms with Gasteiger partial charge in [0.05, 0.1) is 6.04 Å². The van der Waals surface area contributed by atoms with Crippen molar-refractivity contribution in [1.82, 2.24) is 14.7 Å². The molecular formula is C17H23N3O2. The Balaban J connectivity index is 1.70. The third-order valence-corrected chi connectivity index (χ3v) is 4.71. The average molecular weight is 301 g/mol. The summed E-state index contributed by atoms with van der Waals surface area (Å²) in [5.41, 5.74) is 0.726. The minimum Gasteiger partial charge on any atom is -0.340 e. The zero-order valence-corrected chi connectivity index (χ0v) is 13.1. The summed E-state index contributed by atoms with van der Waals surface area (Å²) < 4.78 is 0. The first-order chi connectivity index (χ1) is 10.7. The van der Waals surface area contributed by atoms with Crippen LogP contribution in [0, 0.1) is 0 Å². The number of benzene rings is 1. The Bertz CT molecular complexity index is 546. The fraction of sp³-hybridized carbons (Fsp3) is 0.529. The molecule has 0 aromatic heterocycles. The topological polar surface area (TPSA) is 43.9 Å². The Morgan fingerprint density at radius 3 is 2.55 bits per heavy atom. The number of fused-ring (bicyclic) bond motifs is 1. The lowest BCUT2D eigenvalue weighted by molar-refractivity contribution is -0.141. The maximum atomic E-state index is 12.6. The van der Waals surface area contributed by atoms with Crippen LogP contribution in [0.4, 0.5) is 0 Å². The molecule has 118 valence electrons. The molecule has 5 heteroatoms. The number of nitrogens with zero attached hydrogens (tertiary/aromatic N) is 3. The molecule has 5 nitrogen and oxygen atoms in total. The molecule has 1 unspecified atom stereocenters. The molecule has 2 fully saturated rings. The quantitative estimate of drug-likeness (QED) is 0.820. The molecule has 1 atom stereocenters. The van der Waals surface area contributed by atoms with Gasteiger partial charge in [0, 0.05) is 44.8 Å². The van der Waals surface area contributed by atoms with E-state index in [9.17, 15) is 9.59 Å². The standard InChI is InChI=1S/C17H23N3O2/c1-2-18-10-11-19-12-13-20(9-8-15(19)17(18)22)16(21)14-6-4-3-5-7-14/h3-7,15H,2,8-13H2,1H3. The second kappa shape index (κ2) is 6.48. The van der Waals surface area contributed by atoms with Gasteiger partial charge >= 0.3 is 0 Å². The fourth-order valence-electron chi connectivity index (χ4n) is 3.38. The largest absolute Gasteiger partial charge is 0.340 e. The maximum Gasteiger partial charge on any atom is 0.253 e. The summed E-state index contributed by atoms with van der Waals surface area (Å²) in [5.74, 6) is 0.294. The molecule has 2 aliphatic rings. The van der Waals surface area contributed by atoms with E-state index in [0.29, 0.717) is 13.1 Å². The first kappa shape index (κ1) is 15.0. The number of carbonyl (C=O) groups excluding carboxylic acids is 2. The van der Waals surface area contributed by atoms with E-state index < -0.39 is 0 Å². The molecule has 1 aromatic rings. The summed E-state index contributed by atoms with van der Waals surface area (Å²) in [6, 6.07) is 9.34. The van der Waals surface area contributed by atoms with Crippen molar-refractivity contribution >= 4 is 11.8 Å². The van der Waals surface area contributed by atoms with E-state index in [-0.39, 0.29) is 17.9 Å². The van der Waals surface area contributed by atoms with Crippen LogP contribution in [0.1, 0.15) is 23.7 Å². The van der Waals surface area contributed by atoms with Gasteiger partial charge in [-0.15, -0.1) is 0 Å². The molecular weight excluding hydrogens is 278 g/mol. The predicted octanol–water partition coefficient (Wildman–Crippen LogP) is 1.07. The minimum atomic E-state index is -0.0535. The Kier molecular flexibility index (Phi) is 4.43. The molecule has 3 rings (SSSR count). The molecule has 0 saturated carbocycles. The summed E-state index contributed by atoms with van der Waals surface area (Å²) in [5, 5.41) is 0. The number of hydrogen-bond acceptors (Lipinski definition) is 3. The van der Waals surface area contributed by atoms with Crippen LogP contribution >= 0.6 is 0 Å². The summed E-state index contributed by atoms with van der Waals surface area (Å²) in [4.78, 5) is 31.1. The Morgan fingerprint density at radius 1 is 1.09 bits per heavy atom. The summed E-state index contributed by atoms with van der Waals surface area (Å²) in [7, 11) is 0. The van der Waals surface area contributed by atoms with Crippen molar-refractivity contribution in [2.75, 3.05) is 39.3 Å². The first-order valence-electron chi connectivity index (χ1n) is 8.08. The SMILES string of the molecule is CCN1CCN2CCN(C(=O)c3ccccc3)CCC2C1=O. The average Bonchev–Trinajstić information content (AvgIpc) is 2.78. The lowest BCUT2D eigenvalue weighted by atomic mass is 10.1. The van der Waals surface area contributed by atoms with Gasteiger partial charge in [-0.05, 0) is 25.5 Å². The lowest BCUT2D eigenvalue weighted by Crippen LogP contribution is -2.56. The van der Waals surface area contributed by atoms with Gasteiger partial charge in [-0.3, -0.25) is 14.5 Å². The fourth-order valence-corrected chi connectivity index (χ4v) is 3.38. The van der Waals surface area contributed by atoms with Gasteiger partial charge in [-0.2, -0.15) is 0 Å². The molecule has 0 radical (unpaired) electrons. The van der Waals surface area contributed by atoms with E-state index >= 15 is 0 Å². The molecule has 0 bridgehead atoms. The minimum absolute atomic E-state index is 0.0535. The maximum absolute atomic E-state index is 12.6. The van der Waals surface area contributed by atoms with Crippen molar-refractivity contribution in [3.05, 3.63) is 35.9 Å². The first-order valence-corrected chi connectivity index (χ1v) is 8.08. The molecule has 0 aliphatic carbocycles. The van der Waals surface area contributed by atoms with Crippen molar-refractivity contribution in [1.29, 1.82) is 0 Å². The van der Waals surface area contributed by atoms with Crippen molar-refractivity contribution < 1.29 is 9.59 Å². The van der Waals surface area contributed by atoms with Gasteiger partial charge in [0.25, 0.3) is 5.91 Å². The van der Waals surface area contributed by atoms with Crippen LogP contribution < -0.4 is 0 Å². The normalized spacial score (nSPS) is 23.1. The second-order valence-electron chi connectivity index (χ2n) is 5.92. The summed E-state index contributed by atoms with van der Waals surface area (Å²) in [6.07, 6.45) is 0.730. The van der Waals surface area contributed by atoms with Crippen LogP contribution in [0.25, 0.3) is 0 Å². The number of likely N-dealkylation sites (N-methyl/N-ethyl adjacent to an activating group) is 1. The summed E-state index contributed by atoms with van der Waals surface area (Å²) >= 11 is 0. The van der Waals surface area contributed by atoms with Crippen LogP contribution in [-0.2, 0) is 4.79 Å².